The summed E-state index contributed by atoms with van der Waals surface area (Å²) in [6, 6.07) is 6.60. The van der Waals surface area contributed by atoms with Crippen molar-refractivity contribution in [3.05, 3.63) is 35.9 Å². The zero-order valence-corrected chi connectivity index (χ0v) is 17.8. The first kappa shape index (κ1) is 24.0. The summed E-state index contributed by atoms with van der Waals surface area (Å²) in [4.78, 5) is 26.7. The van der Waals surface area contributed by atoms with Gasteiger partial charge in [-0.05, 0) is 40.5 Å². The maximum Gasteiger partial charge on any atom is 0.432 e. The van der Waals surface area contributed by atoms with Crippen molar-refractivity contribution >= 4 is 12.1 Å². The number of ether oxygens (including phenoxy) is 3. The molecule has 1 amide bonds. The van der Waals surface area contributed by atoms with Gasteiger partial charge < -0.3 is 14.2 Å². The van der Waals surface area contributed by atoms with Gasteiger partial charge in [0.1, 0.15) is 12.2 Å². The molecule has 30 heavy (non-hydrogen) atoms. The zero-order valence-electron chi connectivity index (χ0n) is 17.8. The van der Waals surface area contributed by atoms with Crippen LogP contribution in [0, 0.1) is 0 Å². The highest BCUT2D eigenvalue weighted by Crippen LogP contribution is 2.43. The van der Waals surface area contributed by atoms with Crippen molar-refractivity contribution in [3.63, 3.8) is 0 Å². The van der Waals surface area contributed by atoms with Crippen LogP contribution in [0.25, 0.3) is 0 Å². The summed E-state index contributed by atoms with van der Waals surface area (Å²) in [5.74, 6) is -1.58. The summed E-state index contributed by atoms with van der Waals surface area (Å²) in [5.41, 5.74) is -5.36. The Labute approximate surface area is 174 Å². The Morgan fingerprint density at radius 1 is 1.13 bits per heavy atom. The Bertz CT molecular complexity index is 762. The summed E-state index contributed by atoms with van der Waals surface area (Å²) in [7, 11) is 0.812. The van der Waals surface area contributed by atoms with Gasteiger partial charge >= 0.3 is 18.2 Å². The standard InChI is InChI=1S/C21H28F3NO5/c1-18(2,3)30-17(27)25-13-9-12-19(25,4)14-29-16(26)20(28-5,21(22,23)24)15-10-7-6-8-11-15/h6-8,10-11H,9,12-14H2,1-5H3/t19-,20+/m1/s1. The van der Waals surface area contributed by atoms with E-state index in [1.54, 1.807) is 27.7 Å². The number of rotatable bonds is 5. The van der Waals surface area contributed by atoms with E-state index in [0.29, 0.717) is 19.4 Å². The van der Waals surface area contributed by atoms with E-state index >= 15 is 0 Å². The van der Waals surface area contributed by atoms with Crippen LogP contribution in [0.2, 0.25) is 0 Å². The number of methoxy groups -OCH3 is 1. The van der Waals surface area contributed by atoms with Crippen LogP contribution >= 0.6 is 0 Å². The maximum absolute atomic E-state index is 14.0. The van der Waals surface area contributed by atoms with Gasteiger partial charge in [0.15, 0.2) is 0 Å². The molecule has 1 fully saturated rings. The third-order valence-corrected chi connectivity index (χ3v) is 5.05. The second-order valence-corrected chi connectivity index (χ2v) is 8.56. The molecule has 1 aliphatic heterocycles. The van der Waals surface area contributed by atoms with Gasteiger partial charge in [-0.3, -0.25) is 4.90 Å². The number of amides is 1. The molecule has 2 rings (SSSR count). The molecule has 0 aliphatic carbocycles. The van der Waals surface area contributed by atoms with Gasteiger partial charge in [-0.25, -0.2) is 9.59 Å². The van der Waals surface area contributed by atoms with Crippen LogP contribution in [0.1, 0.15) is 46.1 Å². The number of alkyl halides is 3. The van der Waals surface area contributed by atoms with Gasteiger partial charge in [-0.1, -0.05) is 30.3 Å². The fourth-order valence-electron chi connectivity index (χ4n) is 3.51. The van der Waals surface area contributed by atoms with Gasteiger partial charge in [-0.15, -0.1) is 0 Å². The lowest BCUT2D eigenvalue weighted by atomic mass is 9.92. The average molecular weight is 431 g/mol. The molecule has 1 aliphatic rings. The smallest absolute Gasteiger partial charge is 0.432 e. The van der Waals surface area contributed by atoms with Gasteiger partial charge in [0.25, 0.3) is 5.60 Å². The molecule has 9 heteroatoms. The highest BCUT2D eigenvalue weighted by atomic mass is 19.4. The number of hydrogen-bond donors (Lipinski definition) is 0. The molecule has 0 spiro atoms. The first-order valence-corrected chi connectivity index (χ1v) is 9.62. The number of likely N-dealkylation sites (tertiary alicyclic amines) is 1. The van der Waals surface area contributed by atoms with E-state index in [1.165, 1.54) is 23.1 Å². The molecule has 0 saturated carbocycles. The number of benzene rings is 1. The predicted molar refractivity (Wildman–Crippen MR) is 103 cm³/mol. The highest BCUT2D eigenvalue weighted by Gasteiger charge is 2.64. The Balaban J connectivity index is 2.25. The predicted octanol–water partition coefficient (Wildman–Crippen LogP) is 4.42. The van der Waals surface area contributed by atoms with Crippen molar-refractivity contribution in [2.45, 2.75) is 63.5 Å². The molecule has 1 aromatic rings. The van der Waals surface area contributed by atoms with Crippen molar-refractivity contribution in [2.24, 2.45) is 0 Å². The monoisotopic (exact) mass is 431 g/mol. The van der Waals surface area contributed by atoms with Crippen molar-refractivity contribution in [2.75, 3.05) is 20.3 Å². The SMILES string of the molecule is CO[C@](C(=O)OC[C@@]1(C)CCCN1C(=O)OC(C)(C)C)(c1ccccc1)C(F)(F)F. The number of nitrogens with zero attached hydrogens (tertiary/aromatic N) is 1. The van der Waals surface area contributed by atoms with Gasteiger partial charge in [0.05, 0.1) is 5.54 Å². The fraction of sp³-hybridized carbons (Fsp3) is 0.619. The molecule has 0 aromatic heterocycles. The lowest BCUT2D eigenvalue weighted by Crippen LogP contribution is -2.54. The van der Waals surface area contributed by atoms with Crippen molar-refractivity contribution in [1.82, 2.24) is 4.90 Å². The third-order valence-electron chi connectivity index (χ3n) is 5.05. The van der Waals surface area contributed by atoms with Crippen LogP contribution in [0.4, 0.5) is 18.0 Å². The molecule has 168 valence electrons. The number of carbonyl (C=O) groups is 2. The molecular formula is C21H28F3NO5. The summed E-state index contributed by atoms with van der Waals surface area (Å²) in [6.07, 6.45) is -4.59. The van der Waals surface area contributed by atoms with Crippen LogP contribution in [0.15, 0.2) is 30.3 Å². The molecule has 1 heterocycles. The second-order valence-electron chi connectivity index (χ2n) is 8.56. The van der Waals surface area contributed by atoms with E-state index in [9.17, 15) is 22.8 Å². The number of halogens is 3. The first-order valence-electron chi connectivity index (χ1n) is 9.62. The number of hydrogen-bond acceptors (Lipinski definition) is 5. The summed E-state index contributed by atoms with van der Waals surface area (Å²) < 4.78 is 57.2. The van der Waals surface area contributed by atoms with E-state index < -0.39 is 41.6 Å². The molecular weight excluding hydrogens is 403 g/mol. The first-order chi connectivity index (χ1) is 13.8. The largest absolute Gasteiger partial charge is 0.461 e. The summed E-state index contributed by atoms with van der Waals surface area (Å²) >= 11 is 0. The van der Waals surface area contributed by atoms with E-state index in [4.69, 9.17) is 14.2 Å². The van der Waals surface area contributed by atoms with Crippen LogP contribution in [0.3, 0.4) is 0 Å². The molecule has 0 unspecified atom stereocenters. The van der Waals surface area contributed by atoms with Crippen molar-refractivity contribution < 1.29 is 37.0 Å². The van der Waals surface area contributed by atoms with Crippen LogP contribution < -0.4 is 0 Å². The molecule has 2 atom stereocenters. The van der Waals surface area contributed by atoms with Crippen molar-refractivity contribution in [3.8, 4) is 0 Å². The average Bonchev–Trinajstić information content (AvgIpc) is 3.01. The zero-order chi connectivity index (χ0) is 22.8. The van der Waals surface area contributed by atoms with Crippen LogP contribution in [0.5, 0.6) is 0 Å². The molecule has 1 aromatic carbocycles. The molecule has 6 nitrogen and oxygen atoms in total. The number of esters is 1. The summed E-state index contributed by atoms with van der Waals surface area (Å²) in [5, 5.41) is 0. The quantitative estimate of drug-likeness (QED) is 0.646. The maximum atomic E-state index is 14.0. The lowest BCUT2D eigenvalue weighted by Gasteiger charge is -2.37. The van der Waals surface area contributed by atoms with E-state index in [0.717, 1.165) is 19.2 Å². The van der Waals surface area contributed by atoms with Gasteiger partial charge in [-0.2, -0.15) is 13.2 Å². The second kappa shape index (κ2) is 8.45. The minimum atomic E-state index is -5.05. The van der Waals surface area contributed by atoms with Crippen LogP contribution in [-0.4, -0.2) is 54.5 Å². The fourth-order valence-corrected chi connectivity index (χ4v) is 3.51. The van der Waals surface area contributed by atoms with E-state index in [-0.39, 0.29) is 5.56 Å². The number of carbonyl (C=O) groups excluding carboxylic acids is 2. The Kier molecular flexibility index (Phi) is 6.76. The lowest BCUT2D eigenvalue weighted by molar-refractivity contribution is -0.277. The highest BCUT2D eigenvalue weighted by molar-refractivity contribution is 5.82. The topological polar surface area (TPSA) is 65.1 Å². The van der Waals surface area contributed by atoms with Crippen molar-refractivity contribution in [1.29, 1.82) is 0 Å². The molecule has 1 saturated heterocycles. The Morgan fingerprint density at radius 2 is 1.73 bits per heavy atom. The van der Waals surface area contributed by atoms with Gasteiger partial charge in [0, 0.05) is 19.2 Å². The molecule has 0 N–H and O–H groups in total. The summed E-state index contributed by atoms with van der Waals surface area (Å²) in [6.45, 7) is 6.74. The minimum absolute atomic E-state index is 0.357. The third kappa shape index (κ3) is 4.71. The molecule has 0 bridgehead atoms. The minimum Gasteiger partial charge on any atom is -0.461 e. The Morgan fingerprint density at radius 3 is 2.23 bits per heavy atom. The molecule has 0 radical (unpaired) electrons. The Hall–Kier alpha value is -2.29. The van der Waals surface area contributed by atoms with Crippen LogP contribution in [-0.2, 0) is 24.6 Å². The van der Waals surface area contributed by atoms with E-state index in [1.807, 2.05) is 0 Å². The van der Waals surface area contributed by atoms with Gasteiger partial charge in [0.2, 0.25) is 0 Å². The van der Waals surface area contributed by atoms with E-state index in [2.05, 4.69) is 0 Å². The normalized spacial score (nSPS) is 21.8.